The van der Waals surface area contributed by atoms with Gasteiger partial charge < -0.3 is 4.90 Å². The predicted octanol–water partition coefficient (Wildman–Crippen LogP) is 3.01. The highest BCUT2D eigenvalue weighted by atomic mass is 16.2. The molecule has 0 N–H and O–H groups in total. The van der Waals surface area contributed by atoms with Gasteiger partial charge in [-0.15, -0.1) is 0 Å². The van der Waals surface area contributed by atoms with Gasteiger partial charge in [-0.1, -0.05) is 17.7 Å². The Morgan fingerprint density at radius 2 is 2.12 bits per heavy atom. The maximum absolute atomic E-state index is 12.5. The topological polar surface area (TPSA) is 20.3 Å². The van der Waals surface area contributed by atoms with E-state index in [2.05, 4.69) is 4.90 Å². The highest BCUT2D eigenvalue weighted by Crippen LogP contribution is 2.40. The molecule has 2 fully saturated rings. The van der Waals surface area contributed by atoms with Crippen molar-refractivity contribution < 1.29 is 4.79 Å². The maximum atomic E-state index is 12.5. The smallest absolute Gasteiger partial charge is 0.254 e. The molecule has 1 unspecified atom stereocenters. The van der Waals surface area contributed by atoms with Gasteiger partial charge in [0.05, 0.1) is 0 Å². The Labute approximate surface area is 103 Å². The quantitative estimate of drug-likeness (QED) is 0.763. The monoisotopic (exact) mass is 229 g/mol. The number of likely N-dealkylation sites (tertiary alicyclic amines) is 1. The van der Waals surface area contributed by atoms with Crippen LogP contribution in [0.1, 0.15) is 41.6 Å². The minimum atomic E-state index is 0.239. The number of aryl methyl sites for hydroxylation is 1. The van der Waals surface area contributed by atoms with Crippen LogP contribution in [0.2, 0.25) is 0 Å². The van der Waals surface area contributed by atoms with Gasteiger partial charge in [0, 0.05) is 18.2 Å². The summed E-state index contributed by atoms with van der Waals surface area (Å²) in [6.45, 7) is 2.99. The molecule has 1 aliphatic carbocycles. The summed E-state index contributed by atoms with van der Waals surface area (Å²) >= 11 is 0. The first-order chi connectivity index (χ1) is 8.25. The van der Waals surface area contributed by atoms with E-state index in [0.717, 1.165) is 23.6 Å². The maximum Gasteiger partial charge on any atom is 0.254 e. The summed E-state index contributed by atoms with van der Waals surface area (Å²) in [5.41, 5.74) is 2.02. The number of carbonyl (C=O) groups is 1. The van der Waals surface area contributed by atoms with Crippen molar-refractivity contribution in [2.75, 3.05) is 6.54 Å². The van der Waals surface area contributed by atoms with Crippen molar-refractivity contribution in [1.82, 2.24) is 4.90 Å². The number of rotatable bonds is 2. The lowest BCUT2D eigenvalue weighted by Gasteiger charge is -2.24. The van der Waals surface area contributed by atoms with Crippen LogP contribution >= 0.6 is 0 Å². The van der Waals surface area contributed by atoms with Gasteiger partial charge in [0.1, 0.15) is 0 Å². The van der Waals surface area contributed by atoms with Crippen LogP contribution in [0.5, 0.6) is 0 Å². The third-order valence-corrected chi connectivity index (χ3v) is 3.99. The molecule has 0 bridgehead atoms. The fourth-order valence-electron chi connectivity index (χ4n) is 2.96. The van der Waals surface area contributed by atoms with Crippen LogP contribution in [0, 0.1) is 12.8 Å². The largest absolute Gasteiger partial charge is 0.335 e. The highest BCUT2D eigenvalue weighted by molar-refractivity contribution is 5.94. The molecule has 2 nitrogen and oxygen atoms in total. The average molecular weight is 229 g/mol. The van der Waals surface area contributed by atoms with E-state index in [1.165, 1.54) is 25.7 Å². The molecule has 1 aromatic carbocycles. The zero-order chi connectivity index (χ0) is 11.8. The third-order valence-electron chi connectivity index (χ3n) is 3.99. The van der Waals surface area contributed by atoms with Gasteiger partial charge in [0.25, 0.3) is 5.91 Å². The fourth-order valence-corrected chi connectivity index (χ4v) is 2.96. The van der Waals surface area contributed by atoms with E-state index in [1.54, 1.807) is 0 Å². The summed E-state index contributed by atoms with van der Waals surface area (Å²) in [5, 5.41) is 0. The minimum absolute atomic E-state index is 0.239. The lowest BCUT2D eigenvalue weighted by atomic mass is 10.1. The molecule has 17 heavy (non-hydrogen) atoms. The number of nitrogens with zero attached hydrogens (tertiary/aromatic N) is 1. The molecule has 1 saturated heterocycles. The molecular weight excluding hydrogens is 210 g/mol. The van der Waals surface area contributed by atoms with Crippen molar-refractivity contribution in [3.63, 3.8) is 0 Å². The lowest BCUT2D eigenvalue weighted by Crippen LogP contribution is -2.36. The molecule has 1 saturated carbocycles. The Kier molecular flexibility index (Phi) is 2.65. The van der Waals surface area contributed by atoms with Gasteiger partial charge in [-0.3, -0.25) is 4.79 Å². The van der Waals surface area contributed by atoms with Crippen molar-refractivity contribution in [3.8, 4) is 0 Å². The van der Waals surface area contributed by atoms with E-state index in [9.17, 15) is 4.79 Å². The molecule has 1 aromatic rings. The first-order valence-corrected chi connectivity index (χ1v) is 6.63. The molecule has 0 spiro atoms. The lowest BCUT2D eigenvalue weighted by molar-refractivity contribution is 0.0721. The van der Waals surface area contributed by atoms with Crippen LogP contribution < -0.4 is 0 Å². The summed E-state index contributed by atoms with van der Waals surface area (Å²) < 4.78 is 0. The minimum Gasteiger partial charge on any atom is -0.335 e. The SMILES string of the molecule is Cc1cccc(C(=O)N2CCCC2C2CC2)c1. The standard InChI is InChI=1S/C15H19NO/c1-11-4-2-5-13(10-11)15(17)16-9-3-6-14(16)12-7-8-12/h2,4-5,10,12,14H,3,6-9H2,1H3. The van der Waals surface area contributed by atoms with Gasteiger partial charge in [-0.2, -0.15) is 0 Å². The molecule has 3 rings (SSSR count). The first-order valence-electron chi connectivity index (χ1n) is 6.63. The van der Waals surface area contributed by atoms with E-state index >= 15 is 0 Å². The number of hydrogen-bond acceptors (Lipinski definition) is 1. The van der Waals surface area contributed by atoms with Gasteiger partial charge in [-0.05, 0) is 50.7 Å². The highest BCUT2D eigenvalue weighted by Gasteiger charge is 2.40. The molecular formula is C15H19NO. The van der Waals surface area contributed by atoms with E-state index in [4.69, 9.17) is 0 Å². The molecule has 2 aliphatic rings. The van der Waals surface area contributed by atoms with Crippen LogP contribution in [0.25, 0.3) is 0 Å². The molecule has 1 atom stereocenters. The molecule has 0 aromatic heterocycles. The Morgan fingerprint density at radius 1 is 1.29 bits per heavy atom. The average Bonchev–Trinajstić information content (AvgIpc) is 3.06. The Bertz CT molecular complexity index is 436. The Hall–Kier alpha value is -1.31. The second kappa shape index (κ2) is 4.17. The van der Waals surface area contributed by atoms with Crippen LogP contribution in [0.3, 0.4) is 0 Å². The molecule has 90 valence electrons. The summed E-state index contributed by atoms with van der Waals surface area (Å²) in [7, 11) is 0. The van der Waals surface area contributed by atoms with Crippen molar-refractivity contribution in [2.24, 2.45) is 5.92 Å². The number of benzene rings is 1. The Morgan fingerprint density at radius 3 is 2.82 bits per heavy atom. The zero-order valence-electron chi connectivity index (χ0n) is 10.4. The van der Waals surface area contributed by atoms with Crippen LogP contribution in [0.15, 0.2) is 24.3 Å². The van der Waals surface area contributed by atoms with Crippen LogP contribution in [-0.4, -0.2) is 23.4 Å². The second-order valence-electron chi connectivity index (χ2n) is 5.42. The predicted molar refractivity (Wildman–Crippen MR) is 68.0 cm³/mol. The Balaban J connectivity index is 1.81. The van der Waals surface area contributed by atoms with Gasteiger partial charge >= 0.3 is 0 Å². The normalized spacial score (nSPS) is 24.1. The number of hydrogen-bond donors (Lipinski definition) is 0. The second-order valence-corrected chi connectivity index (χ2v) is 5.42. The first kappa shape index (κ1) is 10.8. The summed E-state index contributed by atoms with van der Waals surface area (Å²) in [4.78, 5) is 14.6. The molecule has 1 amide bonds. The van der Waals surface area contributed by atoms with Gasteiger partial charge in [-0.25, -0.2) is 0 Å². The van der Waals surface area contributed by atoms with E-state index in [0.29, 0.717) is 6.04 Å². The van der Waals surface area contributed by atoms with Crippen molar-refractivity contribution in [1.29, 1.82) is 0 Å². The summed E-state index contributed by atoms with van der Waals surface area (Å²) in [6, 6.07) is 8.49. The van der Waals surface area contributed by atoms with Gasteiger partial charge in [0.15, 0.2) is 0 Å². The molecule has 0 radical (unpaired) electrons. The number of carbonyl (C=O) groups excluding carboxylic acids is 1. The van der Waals surface area contributed by atoms with Crippen LogP contribution in [-0.2, 0) is 0 Å². The van der Waals surface area contributed by atoms with Crippen molar-refractivity contribution in [3.05, 3.63) is 35.4 Å². The summed E-state index contributed by atoms with van der Waals surface area (Å²) in [6.07, 6.45) is 5.03. The van der Waals surface area contributed by atoms with Crippen molar-refractivity contribution in [2.45, 2.75) is 38.6 Å². The third kappa shape index (κ3) is 2.08. The van der Waals surface area contributed by atoms with E-state index < -0.39 is 0 Å². The molecule has 1 aliphatic heterocycles. The zero-order valence-corrected chi connectivity index (χ0v) is 10.4. The van der Waals surface area contributed by atoms with E-state index in [-0.39, 0.29) is 5.91 Å². The van der Waals surface area contributed by atoms with E-state index in [1.807, 2.05) is 31.2 Å². The van der Waals surface area contributed by atoms with Crippen molar-refractivity contribution >= 4 is 5.91 Å². The molecule has 1 heterocycles. The van der Waals surface area contributed by atoms with Crippen LogP contribution in [0.4, 0.5) is 0 Å². The van der Waals surface area contributed by atoms with Gasteiger partial charge in [0.2, 0.25) is 0 Å². The summed E-state index contributed by atoms with van der Waals surface area (Å²) in [5.74, 6) is 1.04. The number of amides is 1. The fraction of sp³-hybridized carbons (Fsp3) is 0.533. The molecule has 2 heteroatoms.